The third-order valence-corrected chi connectivity index (χ3v) is 6.50. The largest absolute Gasteiger partial charge is 0.320 e. The van der Waals surface area contributed by atoms with Gasteiger partial charge in [-0.05, 0) is 42.8 Å². The third-order valence-electron chi connectivity index (χ3n) is 4.28. The molecule has 1 amide bonds. The monoisotopic (exact) mass is 466 g/mol. The average molecular weight is 467 g/mol. The number of nitrogens with one attached hydrogen (secondary N) is 2. The van der Waals surface area contributed by atoms with Crippen molar-refractivity contribution in [2.24, 2.45) is 0 Å². The van der Waals surface area contributed by atoms with Gasteiger partial charge in [0.1, 0.15) is 5.82 Å². The third kappa shape index (κ3) is 5.17. The van der Waals surface area contributed by atoms with Crippen molar-refractivity contribution in [1.82, 2.24) is 4.72 Å². The molecule has 156 valence electrons. The van der Waals surface area contributed by atoms with Gasteiger partial charge in [0.15, 0.2) is 0 Å². The van der Waals surface area contributed by atoms with E-state index in [1.54, 1.807) is 18.2 Å². The smallest absolute Gasteiger partial charge is 0.258 e. The quantitative estimate of drug-likeness (QED) is 0.525. The molecule has 0 heterocycles. The van der Waals surface area contributed by atoms with Crippen LogP contribution in [0.15, 0.2) is 65.6 Å². The second-order valence-electron chi connectivity index (χ2n) is 6.51. The Morgan fingerprint density at radius 2 is 1.73 bits per heavy atom. The van der Waals surface area contributed by atoms with Gasteiger partial charge in [0, 0.05) is 6.54 Å². The van der Waals surface area contributed by atoms with Gasteiger partial charge in [-0.1, -0.05) is 59.1 Å². The molecule has 0 atom stereocenters. The summed E-state index contributed by atoms with van der Waals surface area (Å²) in [7, 11) is -3.97. The van der Waals surface area contributed by atoms with Gasteiger partial charge in [-0.2, -0.15) is 0 Å². The SMILES string of the molecule is Cc1ccc(CNS(=O)(=O)c2ccc(F)c(C(=O)Nc3cccc(Cl)c3Cl)c2)cc1. The van der Waals surface area contributed by atoms with Crippen LogP contribution in [0.2, 0.25) is 10.0 Å². The van der Waals surface area contributed by atoms with E-state index in [9.17, 15) is 17.6 Å². The zero-order valence-corrected chi connectivity index (χ0v) is 18.1. The number of carbonyl (C=O) groups is 1. The zero-order chi connectivity index (χ0) is 21.9. The van der Waals surface area contributed by atoms with Gasteiger partial charge in [0.25, 0.3) is 5.91 Å². The van der Waals surface area contributed by atoms with E-state index in [-0.39, 0.29) is 27.2 Å². The summed E-state index contributed by atoms with van der Waals surface area (Å²) >= 11 is 11.9. The minimum Gasteiger partial charge on any atom is -0.320 e. The molecule has 0 aliphatic rings. The lowest BCUT2D eigenvalue weighted by atomic mass is 10.2. The molecular formula is C21H17Cl2FN2O3S. The highest BCUT2D eigenvalue weighted by Crippen LogP contribution is 2.30. The van der Waals surface area contributed by atoms with E-state index >= 15 is 0 Å². The number of rotatable bonds is 6. The van der Waals surface area contributed by atoms with Gasteiger partial charge in [-0.25, -0.2) is 17.5 Å². The maximum Gasteiger partial charge on any atom is 0.258 e. The summed E-state index contributed by atoms with van der Waals surface area (Å²) in [5, 5.41) is 2.75. The van der Waals surface area contributed by atoms with Crippen molar-refractivity contribution >= 4 is 44.8 Å². The van der Waals surface area contributed by atoms with Gasteiger partial charge in [-0.15, -0.1) is 0 Å². The van der Waals surface area contributed by atoms with E-state index in [0.717, 1.165) is 29.3 Å². The van der Waals surface area contributed by atoms with Gasteiger partial charge in [-0.3, -0.25) is 4.79 Å². The first kappa shape index (κ1) is 22.2. The van der Waals surface area contributed by atoms with E-state index in [1.807, 2.05) is 19.1 Å². The first-order valence-corrected chi connectivity index (χ1v) is 11.0. The topological polar surface area (TPSA) is 75.3 Å². The summed E-state index contributed by atoms with van der Waals surface area (Å²) < 4.78 is 41.9. The Labute approximate surface area is 183 Å². The number of benzene rings is 3. The minimum atomic E-state index is -3.97. The molecule has 0 aromatic heterocycles. The highest BCUT2D eigenvalue weighted by Gasteiger charge is 2.20. The number of carbonyl (C=O) groups excluding carboxylic acids is 1. The molecule has 0 saturated carbocycles. The van der Waals surface area contributed by atoms with Gasteiger partial charge in [0.2, 0.25) is 10.0 Å². The second kappa shape index (κ2) is 9.14. The summed E-state index contributed by atoms with van der Waals surface area (Å²) in [6, 6.07) is 14.9. The molecule has 3 rings (SSSR count). The summed E-state index contributed by atoms with van der Waals surface area (Å²) in [4.78, 5) is 12.3. The number of hydrogen-bond acceptors (Lipinski definition) is 3. The number of anilines is 1. The van der Waals surface area contributed by atoms with Crippen LogP contribution in [0, 0.1) is 12.7 Å². The molecule has 30 heavy (non-hydrogen) atoms. The van der Waals surface area contributed by atoms with Crippen LogP contribution >= 0.6 is 23.2 Å². The van der Waals surface area contributed by atoms with Crippen molar-refractivity contribution < 1.29 is 17.6 Å². The summed E-state index contributed by atoms with van der Waals surface area (Å²) in [5.74, 6) is -1.73. The van der Waals surface area contributed by atoms with E-state index in [4.69, 9.17) is 23.2 Å². The maximum absolute atomic E-state index is 14.2. The predicted molar refractivity (Wildman–Crippen MR) is 116 cm³/mol. The van der Waals surface area contributed by atoms with E-state index < -0.39 is 27.3 Å². The zero-order valence-electron chi connectivity index (χ0n) is 15.7. The Balaban J connectivity index is 1.82. The van der Waals surface area contributed by atoms with Crippen LogP contribution in [0.5, 0.6) is 0 Å². The Hall–Kier alpha value is -2.45. The average Bonchev–Trinajstić information content (AvgIpc) is 2.71. The van der Waals surface area contributed by atoms with E-state index in [1.165, 1.54) is 12.1 Å². The first-order chi connectivity index (χ1) is 14.2. The van der Waals surface area contributed by atoms with Crippen molar-refractivity contribution in [2.75, 3.05) is 5.32 Å². The van der Waals surface area contributed by atoms with Crippen LogP contribution in [-0.2, 0) is 16.6 Å². The Kier molecular flexibility index (Phi) is 6.77. The highest BCUT2D eigenvalue weighted by molar-refractivity contribution is 7.89. The van der Waals surface area contributed by atoms with Crippen LogP contribution in [-0.4, -0.2) is 14.3 Å². The van der Waals surface area contributed by atoms with Gasteiger partial charge < -0.3 is 5.32 Å². The van der Waals surface area contributed by atoms with Crippen molar-refractivity contribution in [3.8, 4) is 0 Å². The highest BCUT2D eigenvalue weighted by atomic mass is 35.5. The fourth-order valence-electron chi connectivity index (χ4n) is 2.60. The lowest BCUT2D eigenvalue weighted by molar-refractivity contribution is 0.102. The molecule has 0 unspecified atom stereocenters. The predicted octanol–water partition coefficient (Wildman–Crippen LogP) is 5.17. The first-order valence-electron chi connectivity index (χ1n) is 8.77. The number of amides is 1. The molecule has 0 aliphatic carbocycles. The molecule has 2 N–H and O–H groups in total. The molecule has 0 radical (unpaired) electrons. The van der Waals surface area contributed by atoms with Crippen molar-refractivity contribution in [3.05, 3.63) is 93.2 Å². The van der Waals surface area contributed by atoms with E-state index in [0.29, 0.717) is 0 Å². The molecule has 3 aromatic rings. The number of halogens is 3. The van der Waals surface area contributed by atoms with Crippen LogP contribution in [0.25, 0.3) is 0 Å². The van der Waals surface area contributed by atoms with Crippen molar-refractivity contribution in [1.29, 1.82) is 0 Å². The Morgan fingerprint density at radius 1 is 1.03 bits per heavy atom. The van der Waals surface area contributed by atoms with Crippen LogP contribution in [0.4, 0.5) is 10.1 Å². The number of aryl methyl sites for hydroxylation is 1. The van der Waals surface area contributed by atoms with Gasteiger partial charge >= 0.3 is 0 Å². The summed E-state index contributed by atoms with van der Waals surface area (Å²) in [5.41, 5.74) is 1.55. The van der Waals surface area contributed by atoms with Crippen LogP contribution in [0.3, 0.4) is 0 Å². The standard InChI is InChI=1S/C21H17Cl2FN2O3S/c1-13-5-7-14(8-6-13)12-25-30(28,29)15-9-10-18(24)16(11-15)21(27)26-19-4-2-3-17(22)20(19)23/h2-11,25H,12H2,1H3,(H,26,27). The fourth-order valence-corrected chi connectivity index (χ4v) is 3.99. The molecule has 0 saturated heterocycles. The lowest BCUT2D eigenvalue weighted by Crippen LogP contribution is -2.24. The molecule has 0 spiro atoms. The summed E-state index contributed by atoms with van der Waals surface area (Å²) in [6.07, 6.45) is 0. The molecule has 5 nitrogen and oxygen atoms in total. The number of sulfonamides is 1. The molecular weight excluding hydrogens is 450 g/mol. The Morgan fingerprint density at radius 3 is 2.43 bits per heavy atom. The second-order valence-corrected chi connectivity index (χ2v) is 9.06. The molecule has 0 fully saturated rings. The Bertz CT molecular complexity index is 1200. The molecule has 9 heteroatoms. The normalized spacial score (nSPS) is 11.3. The van der Waals surface area contributed by atoms with Gasteiger partial charge in [0.05, 0.1) is 26.2 Å². The van der Waals surface area contributed by atoms with E-state index in [2.05, 4.69) is 10.0 Å². The summed E-state index contributed by atoms with van der Waals surface area (Å²) in [6.45, 7) is 1.98. The number of hydrogen-bond donors (Lipinski definition) is 2. The van der Waals surface area contributed by atoms with Crippen molar-refractivity contribution in [2.45, 2.75) is 18.4 Å². The lowest BCUT2D eigenvalue weighted by Gasteiger charge is -2.11. The van der Waals surface area contributed by atoms with Crippen LogP contribution < -0.4 is 10.0 Å². The maximum atomic E-state index is 14.2. The fraction of sp³-hybridized carbons (Fsp3) is 0.0952. The molecule has 3 aromatic carbocycles. The molecule has 0 bridgehead atoms. The minimum absolute atomic E-state index is 0.0552. The van der Waals surface area contributed by atoms with Crippen molar-refractivity contribution in [3.63, 3.8) is 0 Å². The molecule has 0 aliphatic heterocycles. The van der Waals surface area contributed by atoms with Crippen LogP contribution in [0.1, 0.15) is 21.5 Å².